The van der Waals surface area contributed by atoms with Gasteiger partial charge >= 0.3 is 6.01 Å². The molecule has 0 radical (unpaired) electrons. The van der Waals surface area contributed by atoms with Crippen LogP contribution in [-0.2, 0) is 0 Å². The first-order chi connectivity index (χ1) is 13.3. The molecule has 6 heteroatoms. The van der Waals surface area contributed by atoms with Crippen molar-refractivity contribution in [2.24, 2.45) is 0 Å². The Labute approximate surface area is 153 Å². The third-order valence-corrected chi connectivity index (χ3v) is 4.22. The topological polar surface area (TPSA) is 81.3 Å². The summed E-state index contributed by atoms with van der Waals surface area (Å²) in [6.07, 6.45) is 3.12. The van der Waals surface area contributed by atoms with Crippen molar-refractivity contribution in [2.75, 3.05) is 0 Å². The Morgan fingerprint density at radius 3 is 2.70 bits per heavy atom. The number of ether oxygens (including phenoxy) is 1. The Bertz CT molecular complexity index is 1270. The third kappa shape index (κ3) is 2.83. The molecule has 3 aromatic heterocycles. The highest BCUT2D eigenvalue weighted by atomic mass is 16.5. The van der Waals surface area contributed by atoms with Crippen LogP contribution in [0, 0.1) is 0 Å². The number of rotatable bonds is 3. The normalized spacial score (nSPS) is 11.1. The average molecular weight is 355 g/mol. The highest BCUT2D eigenvalue weighted by Gasteiger charge is 2.11. The average Bonchev–Trinajstić information content (AvgIpc) is 3.12. The number of nitrogens with zero attached hydrogens (tertiary/aromatic N) is 3. The molecule has 0 amide bonds. The van der Waals surface area contributed by atoms with E-state index in [9.17, 15) is 5.11 Å². The zero-order chi connectivity index (χ0) is 18.2. The molecule has 0 saturated carbocycles. The predicted octanol–water partition coefficient (Wildman–Crippen LogP) is 4.94. The Morgan fingerprint density at radius 2 is 1.81 bits per heavy atom. The molecule has 2 aromatic carbocycles. The highest BCUT2D eigenvalue weighted by Crippen LogP contribution is 2.32. The van der Waals surface area contributed by atoms with Gasteiger partial charge in [0.1, 0.15) is 17.1 Å². The van der Waals surface area contributed by atoms with Gasteiger partial charge in [-0.15, -0.1) is 0 Å². The zero-order valence-electron chi connectivity index (χ0n) is 14.0. The van der Waals surface area contributed by atoms with Gasteiger partial charge in [0.2, 0.25) is 5.88 Å². The second-order valence-corrected chi connectivity index (χ2v) is 6.00. The Balaban J connectivity index is 1.50. The van der Waals surface area contributed by atoms with Crippen molar-refractivity contribution in [1.82, 2.24) is 15.0 Å². The van der Waals surface area contributed by atoms with Crippen LogP contribution >= 0.6 is 0 Å². The van der Waals surface area contributed by atoms with Gasteiger partial charge in [-0.25, -0.2) is 0 Å². The summed E-state index contributed by atoms with van der Waals surface area (Å²) in [5, 5.41) is 11.5. The van der Waals surface area contributed by atoms with Gasteiger partial charge < -0.3 is 14.3 Å². The van der Waals surface area contributed by atoms with Crippen molar-refractivity contribution in [3.63, 3.8) is 0 Å². The fourth-order valence-electron chi connectivity index (χ4n) is 2.91. The predicted molar refractivity (Wildman–Crippen MR) is 101 cm³/mol. The molecule has 5 rings (SSSR count). The minimum absolute atomic E-state index is 0.0437. The van der Waals surface area contributed by atoms with Crippen LogP contribution < -0.4 is 4.74 Å². The van der Waals surface area contributed by atoms with E-state index in [4.69, 9.17) is 9.15 Å². The maximum atomic E-state index is 10.1. The molecule has 0 unspecified atom stereocenters. The number of furan rings is 1. The monoisotopic (exact) mass is 355 g/mol. The minimum atomic E-state index is -0.150. The molecule has 0 aliphatic carbocycles. The van der Waals surface area contributed by atoms with Crippen LogP contribution in [0.3, 0.4) is 0 Å². The molecule has 130 valence electrons. The maximum absolute atomic E-state index is 10.1. The van der Waals surface area contributed by atoms with Gasteiger partial charge in [-0.2, -0.15) is 9.97 Å². The Hall–Kier alpha value is -3.93. The van der Waals surface area contributed by atoms with Gasteiger partial charge in [-0.1, -0.05) is 30.3 Å². The number of aromatic nitrogens is 3. The van der Waals surface area contributed by atoms with E-state index in [0.717, 1.165) is 16.7 Å². The molecule has 0 bridgehead atoms. The summed E-state index contributed by atoms with van der Waals surface area (Å²) in [6.45, 7) is 0. The first-order valence-corrected chi connectivity index (χ1v) is 8.34. The van der Waals surface area contributed by atoms with Crippen LogP contribution in [0.5, 0.6) is 17.6 Å². The molecule has 0 fully saturated rings. The van der Waals surface area contributed by atoms with E-state index >= 15 is 0 Å². The van der Waals surface area contributed by atoms with Gasteiger partial charge in [0, 0.05) is 23.2 Å². The Morgan fingerprint density at radius 1 is 0.926 bits per heavy atom. The SMILES string of the molecule is Oc1nc(Oc2ccc3cc(-c4ccccc4)oc3c2)nc2cnccc12. The summed E-state index contributed by atoms with van der Waals surface area (Å²) < 4.78 is 11.7. The number of pyridine rings is 1. The van der Waals surface area contributed by atoms with Gasteiger partial charge in [-0.05, 0) is 24.3 Å². The first kappa shape index (κ1) is 15.3. The van der Waals surface area contributed by atoms with E-state index in [1.54, 1.807) is 30.6 Å². The minimum Gasteiger partial charge on any atom is -0.493 e. The largest absolute Gasteiger partial charge is 0.493 e. The summed E-state index contributed by atoms with van der Waals surface area (Å²) in [5.74, 6) is 1.15. The van der Waals surface area contributed by atoms with Crippen LogP contribution in [0.25, 0.3) is 33.2 Å². The highest BCUT2D eigenvalue weighted by molar-refractivity contribution is 5.84. The number of hydrogen-bond acceptors (Lipinski definition) is 6. The summed E-state index contributed by atoms with van der Waals surface area (Å²) >= 11 is 0. The van der Waals surface area contributed by atoms with Crippen LogP contribution in [0.2, 0.25) is 0 Å². The maximum Gasteiger partial charge on any atom is 0.325 e. The van der Waals surface area contributed by atoms with Crippen molar-refractivity contribution in [3.8, 4) is 29.0 Å². The van der Waals surface area contributed by atoms with Crippen LogP contribution in [0.1, 0.15) is 0 Å². The van der Waals surface area contributed by atoms with Gasteiger partial charge in [0.15, 0.2) is 0 Å². The molecular formula is C21H13N3O3. The van der Waals surface area contributed by atoms with Gasteiger partial charge in [-0.3, -0.25) is 4.98 Å². The fourth-order valence-corrected chi connectivity index (χ4v) is 2.91. The first-order valence-electron chi connectivity index (χ1n) is 8.34. The van der Waals surface area contributed by atoms with E-state index in [0.29, 0.717) is 22.2 Å². The van der Waals surface area contributed by atoms with Crippen LogP contribution in [0.4, 0.5) is 0 Å². The zero-order valence-corrected chi connectivity index (χ0v) is 14.0. The summed E-state index contributed by atoms with van der Waals surface area (Å²) in [6, 6.07) is 19.1. The van der Waals surface area contributed by atoms with Crippen molar-refractivity contribution in [3.05, 3.63) is 73.1 Å². The fraction of sp³-hybridized carbons (Fsp3) is 0. The number of benzene rings is 2. The molecule has 1 N–H and O–H groups in total. The number of aromatic hydroxyl groups is 1. The molecule has 0 aliphatic rings. The molecule has 0 atom stereocenters. The van der Waals surface area contributed by atoms with E-state index in [-0.39, 0.29) is 11.9 Å². The smallest absolute Gasteiger partial charge is 0.325 e. The summed E-state index contributed by atoms with van der Waals surface area (Å²) in [5.41, 5.74) is 2.20. The lowest BCUT2D eigenvalue weighted by Gasteiger charge is -2.05. The quantitative estimate of drug-likeness (QED) is 0.494. The molecule has 6 nitrogen and oxygen atoms in total. The van der Waals surface area contributed by atoms with Crippen molar-refractivity contribution in [2.45, 2.75) is 0 Å². The standard InChI is InChI=1S/C21H13N3O3/c25-20-16-8-9-22-12-17(16)23-21(24-20)26-15-7-6-14-10-18(27-19(14)11-15)13-4-2-1-3-5-13/h1-12H,(H,23,24,25). The lowest BCUT2D eigenvalue weighted by atomic mass is 10.1. The third-order valence-electron chi connectivity index (χ3n) is 4.22. The summed E-state index contributed by atoms with van der Waals surface area (Å²) in [4.78, 5) is 12.3. The molecule has 0 saturated heterocycles. The lowest BCUT2D eigenvalue weighted by molar-refractivity contribution is 0.412. The van der Waals surface area contributed by atoms with Crippen molar-refractivity contribution < 1.29 is 14.3 Å². The molecule has 0 spiro atoms. The molecule has 0 aliphatic heterocycles. The van der Waals surface area contributed by atoms with E-state index in [1.807, 2.05) is 42.5 Å². The number of hydrogen-bond donors (Lipinski definition) is 1. The Kier molecular flexibility index (Phi) is 3.47. The van der Waals surface area contributed by atoms with Crippen molar-refractivity contribution >= 4 is 21.9 Å². The van der Waals surface area contributed by atoms with Crippen LogP contribution in [0.15, 0.2) is 77.5 Å². The molecular weight excluding hydrogens is 342 g/mol. The van der Waals surface area contributed by atoms with Gasteiger partial charge in [0.05, 0.1) is 17.1 Å². The second kappa shape index (κ2) is 6.10. The molecule has 27 heavy (non-hydrogen) atoms. The van der Waals surface area contributed by atoms with E-state index in [2.05, 4.69) is 15.0 Å². The number of fused-ring (bicyclic) bond motifs is 2. The van der Waals surface area contributed by atoms with E-state index in [1.165, 1.54) is 0 Å². The molecule has 3 heterocycles. The van der Waals surface area contributed by atoms with Gasteiger partial charge in [0.25, 0.3) is 0 Å². The summed E-state index contributed by atoms with van der Waals surface area (Å²) in [7, 11) is 0. The second-order valence-electron chi connectivity index (χ2n) is 6.00. The molecule has 5 aromatic rings. The van der Waals surface area contributed by atoms with Crippen LogP contribution in [-0.4, -0.2) is 20.1 Å². The lowest BCUT2D eigenvalue weighted by Crippen LogP contribution is -1.93. The van der Waals surface area contributed by atoms with Crippen molar-refractivity contribution in [1.29, 1.82) is 0 Å². The van der Waals surface area contributed by atoms with E-state index < -0.39 is 0 Å².